The van der Waals surface area contributed by atoms with Crippen molar-refractivity contribution in [1.29, 1.82) is 0 Å². The highest BCUT2D eigenvalue weighted by Gasteiger charge is 2.31. The summed E-state index contributed by atoms with van der Waals surface area (Å²) in [6.45, 7) is 0. The van der Waals surface area contributed by atoms with E-state index < -0.39 is 6.04 Å². The maximum absolute atomic E-state index is 11.4. The summed E-state index contributed by atoms with van der Waals surface area (Å²) in [6, 6.07) is 17.2. The summed E-state index contributed by atoms with van der Waals surface area (Å²) in [5, 5.41) is 3.35. The summed E-state index contributed by atoms with van der Waals surface area (Å²) < 4.78 is 0. The van der Waals surface area contributed by atoms with E-state index in [0.717, 1.165) is 39.2 Å². The van der Waals surface area contributed by atoms with Crippen LogP contribution in [0, 0.1) is 4.91 Å². The van der Waals surface area contributed by atoms with E-state index in [1.165, 1.54) is 0 Å². The summed E-state index contributed by atoms with van der Waals surface area (Å²) >= 11 is 0. The third kappa shape index (κ3) is 1.69. The molecule has 1 unspecified atom stereocenters. The number of imidazole rings is 1. The van der Waals surface area contributed by atoms with Crippen molar-refractivity contribution in [3.8, 4) is 22.5 Å². The van der Waals surface area contributed by atoms with Gasteiger partial charge in [0.05, 0.1) is 5.52 Å². The van der Waals surface area contributed by atoms with E-state index in [1.54, 1.807) is 6.20 Å². The quantitative estimate of drug-likeness (QED) is 0.555. The Morgan fingerprint density at radius 1 is 0.917 bits per heavy atom. The molecule has 2 aromatic carbocycles. The fourth-order valence-electron chi connectivity index (χ4n) is 3.51. The number of nitrogens with zero attached hydrogens (tertiary/aromatic N) is 3. The minimum Gasteiger partial charge on any atom is -0.337 e. The Labute approximate surface area is 137 Å². The lowest BCUT2D eigenvalue weighted by Crippen LogP contribution is -1.91. The molecule has 0 bridgehead atoms. The molecule has 114 valence electrons. The van der Waals surface area contributed by atoms with Gasteiger partial charge in [-0.15, -0.1) is 4.91 Å². The molecule has 5 rings (SSSR count). The number of fused-ring (bicyclic) bond motifs is 4. The second kappa shape index (κ2) is 4.83. The van der Waals surface area contributed by atoms with Crippen molar-refractivity contribution in [3.63, 3.8) is 0 Å². The minimum absolute atomic E-state index is 0.460. The first kappa shape index (κ1) is 13.1. The van der Waals surface area contributed by atoms with Crippen molar-refractivity contribution < 1.29 is 0 Å². The number of H-pyrrole nitrogens is 1. The zero-order chi connectivity index (χ0) is 16.1. The van der Waals surface area contributed by atoms with Crippen LogP contribution in [0.2, 0.25) is 0 Å². The first-order valence-electron chi connectivity index (χ1n) is 7.72. The monoisotopic (exact) mass is 312 g/mol. The highest BCUT2D eigenvalue weighted by Crippen LogP contribution is 2.48. The van der Waals surface area contributed by atoms with Gasteiger partial charge in [-0.2, -0.15) is 0 Å². The summed E-state index contributed by atoms with van der Waals surface area (Å²) in [5.74, 6) is 0.752. The molecule has 0 aliphatic heterocycles. The van der Waals surface area contributed by atoms with Crippen LogP contribution in [0.4, 0.5) is 0 Å². The molecule has 0 fully saturated rings. The Balaban J connectivity index is 1.82. The van der Waals surface area contributed by atoms with Crippen molar-refractivity contribution in [2.75, 3.05) is 0 Å². The predicted molar refractivity (Wildman–Crippen MR) is 92.4 cm³/mol. The first-order valence-corrected chi connectivity index (χ1v) is 7.72. The standard InChI is InChI=1S/C19H12N4O/c24-23-17-12-6-2-1-5-11(12)16-13(17)7-3-8-14(16)18-21-15-9-4-10-20-19(15)22-18/h1-10,17H,(H,20,21,22). The highest BCUT2D eigenvalue weighted by atomic mass is 16.3. The van der Waals surface area contributed by atoms with Crippen LogP contribution in [0.3, 0.4) is 0 Å². The molecule has 0 radical (unpaired) electrons. The fourth-order valence-corrected chi connectivity index (χ4v) is 3.51. The van der Waals surface area contributed by atoms with Crippen LogP contribution in [0.5, 0.6) is 0 Å². The van der Waals surface area contributed by atoms with Crippen molar-refractivity contribution in [3.05, 3.63) is 76.8 Å². The third-order valence-corrected chi connectivity index (χ3v) is 4.53. The van der Waals surface area contributed by atoms with Gasteiger partial charge in [-0.25, -0.2) is 9.97 Å². The van der Waals surface area contributed by atoms with Crippen LogP contribution < -0.4 is 0 Å². The van der Waals surface area contributed by atoms with Gasteiger partial charge in [-0.05, 0) is 34.4 Å². The number of rotatable bonds is 2. The number of nitroso groups, excluding NO2 is 1. The van der Waals surface area contributed by atoms with Crippen molar-refractivity contribution in [2.45, 2.75) is 6.04 Å². The first-order chi connectivity index (χ1) is 11.9. The summed E-state index contributed by atoms with van der Waals surface area (Å²) in [5.41, 5.74) is 6.48. The largest absolute Gasteiger partial charge is 0.337 e. The molecule has 1 aliphatic carbocycles. The van der Waals surface area contributed by atoms with Gasteiger partial charge in [0, 0.05) is 11.8 Å². The van der Waals surface area contributed by atoms with E-state index in [0.29, 0.717) is 5.65 Å². The van der Waals surface area contributed by atoms with Crippen LogP contribution in [-0.2, 0) is 0 Å². The molecule has 0 saturated heterocycles. The van der Waals surface area contributed by atoms with Gasteiger partial charge in [-0.3, -0.25) is 0 Å². The Morgan fingerprint density at radius 2 is 1.75 bits per heavy atom. The van der Waals surface area contributed by atoms with Crippen LogP contribution in [0.1, 0.15) is 17.2 Å². The molecule has 5 nitrogen and oxygen atoms in total. The Kier molecular flexibility index (Phi) is 2.64. The van der Waals surface area contributed by atoms with E-state index in [4.69, 9.17) is 0 Å². The molecule has 5 heteroatoms. The van der Waals surface area contributed by atoms with Gasteiger partial charge in [0.25, 0.3) is 0 Å². The summed E-state index contributed by atoms with van der Waals surface area (Å²) in [7, 11) is 0. The molecular formula is C19H12N4O. The number of benzene rings is 2. The molecule has 24 heavy (non-hydrogen) atoms. The highest BCUT2D eigenvalue weighted by molar-refractivity contribution is 5.91. The van der Waals surface area contributed by atoms with Crippen LogP contribution >= 0.6 is 0 Å². The lowest BCUT2D eigenvalue weighted by atomic mass is 9.99. The topological polar surface area (TPSA) is 71.0 Å². The Bertz CT molecular complexity index is 1070. The fraction of sp³-hybridized carbons (Fsp3) is 0.0526. The van der Waals surface area contributed by atoms with Gasteiger partial charge in [-0.1, -0.05) is 47.6 Å². The van der Waals surface area contributed by atoms with Gasteiger partial charge in [0.1, 0.15) is 11.9 Å². The lowest BCUT2D eigenvalue weighted by Gasteiger charge is -2.07. The molecular weight excluding hydrogens is 300 g/mol. The second-order valence-corrected chi connectivity index (χ2v) is 5.82. The third-order valence-electron chi connectivity index (χ3n) is 4.53. The summed E-state index contributed by atoms with van der Waals surface area (Å²) in [4.78, 5) is 23.7. The van der Waals surface area contributed by atoms with Crippen molar-refractivity contribution in [1.82, 2.24) is 15.0 Å². The molecule has 1 aliphatic rings. The minimum atomic E-state index is -0.460. The Morgan fingerprint density at radius 3 is 2.62 bits per heavy atom. The van der Waals surface area contributed by atoms with Crippen LogP contribution in [0.15, 0.2) is 66.0 Å². The smallest absolute Gasteiger partial charge is 0.178 e. The van der Waals surface area contributed by atoms with E-state index in [9.17, 15) is 4.91 Å². The van der Waals surface area contributed by atoms with Gasteiger partial charge < -0.3 is 4.98 Å². The number of aromatic amines is 1. The van der Waals surface area contributed by atoms with Gasteiger partial charge >= 0.3 is 0 Å². The summed E-state index contributed by atoms with van der Waals surface area (Å²) in [6.07, 6.45) is 1.73. The zero-order valence-corrected chi connectivity index (χ0v) is 12.6. The molecule has 2 aromatic heterocycles. The molecule has 0 saturated carbocycles. The van der Waals surface area contributed by atoms with E-state index in [1.807, 2.05) is 54.6 Å². The molecule has 4 aromatic rings. The van der Waals surface area contributed by atoms with Gasteiger partial charge in [0.15, 0.2) is 5.65 Å². The van der Waals surface area contributed by atoms with Gasteiger partial charge in [0.2, 0.25) is 0 Å². The maximum Gasteiger partial charge on any atom is 0.178 e. The second-order valence-electron chi connectivity index (χ2n) is 5.82. The lowest BCUT2D eigenvalue weighted by molar-refractivity contribution is 0.892. The van der Waals surface area contributed by atoms with Crippen molar-refractivity contribution in [2.24, 2.45) is 5.18 Å². The zero-order valence-electron chi connectivity index (χ0n) is 12.6. The van der Waals surface area contributed by atoms with Crippen LogP contribution in [-0.4, -0.2) is 15.0 Å². The maximum atomic E-state index is 11.4. The molecule has 2 heterocycles. The SMILES string of the molecule is O=NC1c2ccccc2-c2c(-c3nc4ncccc4[nH]3)cccc21. The Hall–Kier alpha value is -3.34. The van der Waals surface area contributed by atoms with Crippen molar-refractivity contribution >= 4 is 11.2 Å². The average Bonchev–Trinajstić information content (AvgIpc) is 3.20. The number of aromatic nitrogens is 3. The molecule has 0 spiro atoms. The van der Waals surface area contributed by atoms with E-state index in [-0.39, 0.29) is 0 Å². The van der Waals surface area contributed by atoms with E-state index >= 15 is 0 Å². The van der Waals surface area contributed by atoms with Crippen LogP contribution in [0.25, 0.3) is 33.7 Å². The molecule has 1 N–H and O–H groups in total. The number of hydrogen-bond donors (Lipinski definition) is 1. The number of nitrogens with one attached hydrogen (secondary N) is 1. The normalized spacial score (nSPS) is 15.2. The van der Waals surface area contributed by atoms with E-state index in [2.05, 4.69) is 20.1 Å². The average molecular weight is 312 g/mol. The predicted octanol–water partition coefficient (Wildman–Crippen LogP) is 4.46. The number of hydrogen-bond acceptors (Lipinski definition) is 4. The molecule has 0 amide bonds. The number of pyridine rings is 1. The molecule has 1 atom stereocenters.